The largest absolute Gasteiger partial charge is 0.349 e. The fraction of sp³-hybridized carbons (Fsp3) is 0.750. The zero-order valence-electron chi connectivity index (χ0n) is 11.6. The highest BCUT2D eigenvalue weighted by Crippen LogP contribution is 1.99. The van der Waals surface area contributed by atoms with E-state index in [-0.39, 0.29) is 0 Å². The average molecular weight is 288 g/mol. The third-order valence-electron chi connectivity index (χ3n) is 2.84. The van der Waals surface area contributed by atoms with Crippen LogP contribution in [0.4, 0.5) is 0 Å². The molecule has 1 unspecified atom stereocenters. The molecule has 0 saturated heterocycles. The van der Waals surface area contributed by atoms with E-state index >= 15 is 0 Å². The third-order valence-corrected chi connectivity index (χ3v) is 4.67. The summed E-state index contributed by atoms with van der Waals surface area (Å²) in [6, 6.07) is 0. The number of nitrogens with zero attached hydrogens (tertiary/aromatic N) is 1. The van der Waals surface area contributed by atoms with Gasteiger partial charge in [-0.2, -0.15) is 0 Å². The number of rotatable bonds is 10. The van der Waals surface area contributed by atoms with Crippen LogP contribution < -0.4 is 10.0 Å². The molecule has 1 heterocycles. The van der Waals surface area contributed by atoms with Crippen LogP contribution in [0.5, 0.6) is 0 Å². The quantitative estimate of drug-likeness (QED) is 0.552. The summed E-state index contributed by atoms with van der Waals surface area (Å²) in [5.74, 6) is 0.886. The molecule has 0 aliphatic carbocycles. The second-order valence-corrected chi connectivity index (χ2v) is 6.78. The minimum absolute atomic E-state index is 0.414. The molecule has 0 radical (unpaired) electrons. The van der Waals surface area contributed by atoms with Crippen molar-refractivity contribution in [1.29, 1.82) is 0 Å². The Morgan fingerprint density at radius 3 is 2.84 bits per heavy atom. The zero-order chi connectivity index (χ0) is 14.1. The number of hydrogen-bond donors (Lipinski definition) is 3. The monoisotopic (exact) mass is 288 g/mol. The molecular formula is C12H24N4O2S. The Morgan fingerprint density at radius 1 is 1.42 bits per heavy atom. The van der Waals surface area contributed by atoms with Crippen LogP contribution in [0.1, 0.15) is 32.5 Å². The van der Waals surface area contributed by atoms with Crippen molar-refractivity contribution in [2.45, 2.75) is 38.4 Å². The number of aromatic amines is 1. The van der Waals surface area contributed by atoms with E-state index < -0.39 is 15.3 Å². The van der Waals surface area contributed by atoms with E-state index in [0.29, 0.717) is 13.1 Å². The molecule has 0 spiro atoms. The Hall–Kier alpha value is -0.920. The lowest BCUT2D eigenvalue weighted by Crippen LogP contribution is -2.39. The van der Waals surface area contributed by atoms with Crippen molar-refractivity contribution < 1.29 is 8.42 Å². The molecule has 6 nitrogen and oxygen atoms in total. The lowest BCUT2D eigenvalue weighted by Gasteiger charge is -2.14. The Labute approximate surface area is 115 Å². The summed E-state index contributed by atoms with van der Waals surface area (Å²) in [4.78, 5) is 7.09. The number of H-pyrrole nitrogens is 1. The Kier molecular flexibility index (Phi) is 7.04. The van der Waals surface area contributed by atoms with Gasteiger partial charge >= 0.3 is 0 Å². The molecule has 19 heavy (non-hydrogen) atoms. The summed E-state index contributed by atoms with van der Waals surface area (Å²) < 4.78 is 26.5. The minimum atomic E-state index is -3.22. The lowest BCUT2D eigenvalue weighted by atomic mass is 10.3. The van der Waals surface area contributed by atoms with Crippen LogP contribution in [0.15, 0.2) is 12.4 Å². The van der Waals surface area contributed by atoms with Crippen molar-refractivity contribution in [2.75, 3.05) is 19.6 Å². The molecule has 0 saturated carbocycles. The predicted octanol–water partition coefficient (Wildman–Crippen LogP) is 0.650. The maximum atomic E-state index is 11.9. The molecule has 7 heteroatoms. The van der Waals surface area contributed by atoms with Crippen molar-refractivity contribution in [3.8, 4) is 0 Å². The van der Waals surface area contributed by atoms with Gasteiger partial charge in [-0.05, 0) is 26.3 Å². The van der Waals surface area contributed by atoms with E-state index in [0.717, 1.165) is 31.6 Å². The van der Waals surface area contributed by atoms with Gasteiger partial charge in [-0.1, -0.05) is 6.92 Å². The predicted molar refractivity (Wildman–Crippen MR) is 76.5 cm³/mol. The summed E-state index contributed by atoms with van der Waals surface area (Å²) in [5.41, 5.74) is 0. The van der Waals surface area contributed by atoms with Crippen LogP contribution in [0.2, 0.25) is 0 Å². The molecule has 1 aromatic rings. The summed E-state index contributed by atoms with van der Waals surface area (Å²) >= 11 is 0. The first-order valence-electron chi connectivity index (χ1n) is 6.73. The van der Waals surface area contributed by atoms with Crippen LogP contribution in [-0.4, -0.2) is 43.3 Å². The van der Waals surface area contributed by atoms with Crippen LogP contribution in [-0.2, 0) is 16.4 Å². The van der Waals surface area contributed by atoms with Crippen molar-refractivity contribution >= 4 is 10.0 Å². The van der Waals surface area contributed by atoms with Crippen molar-refractivity contribution in [3.05, 3.63) is 18.2 Å². The average Bonchev–Trinajstić information content (AvgIpc) is 2.88. The second kappa shape index (κ2) is 8.29. The second-order valence-electron chi connectivity index (χ2n) is 4.59. The first-order chi connectivity index (χ1) is 9.06. The molecule has 0 aliphatic heterocycles. The molecule has 1 aromatic heterocycles. The first-order valence-corrected chi connectivity index (χ1v) is 8.28. The van der Waals surface area contributed by atoms with Gasteiger partial charge < -0.3 is 10.3 Å². The zero-order valence-corrected chi connectivity index (χ0v) is 12.5. The van der Waals surface area contributed by atoms with Crippen molar-refractivity contribution in [2.24, 2.45) is 0 Å². The van der Waals surface area contributed by atoms with Crippen molar-refractivity contribution in [3.63, 3.8) is 0 Å². The van der Waals surface area contributed by atoms with Gasteiger partial charge in [-0.3, -0.25) is 0 Å². The van der Waals surface area contributed by atoms with E-state index in [4.69, 9.17) is 0 Å². The fourth-order valence-electron chi connectivity index (χ4n) is 1.64. The number of imidazole rings is 1. The van der Waals surface area contributed by atoms with Crippen LogP contribution >= 0.6 is 0 Å². The van der Waals surface area contributed by atoms with E-state index in [1.165, 1.54) is 0 Å². The SMILES string of the molecule is CCCNCC(C)S(=O)(=O)NCCCc1ncc[nH]1. The maximum absolute atomic E-state index is 11.9. The summed E-state index contributed by atoms with van der Waals surface area (Å²) in [5, 5.41) is 2.71. The topological polar surface area (TPSA) is 86.9 Å². The van der Waals surface area contributed by atoms with Gasteiger partial charge in [0, 0.05) is 31.9 Å². The molecule has 1 atom stereocenters. The summed E-state index contributed by atoms with van der Waals surface area (Å²) in [6.07, 6.45) is 5.95. The lowest BCUT2D eigenvalue weighted by molar-refractivity contribution is 0.554. The van der Waals surface area contributed by atoms with Gasteiger partial charge in [0.25, 0.3) is 0 Å². The third kappa shape index (κ3) is 6.17. The van der Waals surface area contributed by atoms with E-state index in [9.17, 15) is 8.42 Å². The standard InChI is InChI=1S/C12H24N4O2S/c1-3-6-13-10-11(2)19(17,18)16-7-4-5-12-14-8-9-15-12/h8-9,11,13,16H,3-7,10H2,1-2H3,(H,14,15). The molecule has 1 rings (SSSR count). The summed E-state index contributed by atoms with van der Waals surface area (Å²) in [6.45, 7) is 5.55. The molecule has 0 aliphatic rings. The molecular weight excluding hydrogens is 264 g/mol. The number of aromatic nitrogens is 2. The van der Waals surface area contributed by atoms with Crippen LogP contribution in [0, 0.1) is 0 Å². The van der Waals surface area contributed by atoms with Gasteiger partial charge in [0.1, 0.15) is 5.82 Å². The molecule has 110 valence electrons. The maximum Gasteiger partial charge on any atom is 0.215 e. The molecule has 0 aromatic carbocycles. The van der Waals surface area contributed by atoms with E-state index in [1.54, 1.807) is 19.3 Å². The highest BCUT2D eigenvalue weighted by Gasteiger charge is 2.19. The van der Waals surface area contributed by atoms with Crippen LogP contribution in [0.25, 0.3) is 0 Å². The van der Waals surface area contributed by atoms with Gasteiger partial charge in [0.2, 0.25) is 10.0 Å². The Bertz CT molecular complexity index is 431. The smallest absolute Gasteiger partial charge is 0.215 e. The van der Waals surface area contributed by atoms with Gasteiger partial charge in [0.05, 0.1) is 5.25 Å². The number of nitrogens with one attached hydrogen (secondary N) is 3. The molecule has 3 N–H and O–H groups in total. The molecule has 0 fully saturated rings. The molecule has 0 amide bonds. The minimum Gasteiger partial charge on any atom is -0.349 e. The summed E-state index contributed by atoms with van der Waals surface area (Å²) in [7, 11) is -3.22. The number of sulfonamides is 1. The highest BCUT2D eigenvalue weighted by molar-refractivity contribution is 7.90. The fourth-order valence-corrected chi connectivity index (χ4v) is 2.69. The van der Waals surface area contributed by atoms with E-state index in [1.807, 2.05) is 0 Å². The number of aryl methyl sites for hydroxylation is 1. The first kappa shape index (κ1) is 16.1. The van der Waals surface area contributed by atoms with Gasteiger partial charge in [-0.15, -0.1) is 0 Å². The van der Waals surface area contributed by atoms with Crippen LogP contribution in [0.3, 0.4) is 0 Å². The Morgan fingerprint density at radius 2 is 2.21 bits per heavy atom. The number of hydrogen-bond acceptors (Lipinski definition) is 4. The van der Waals surface area contributed by atoms with Crippen molar-refractivity contribution in [1.82, 2.24) is 20.0 Å². The normalized spacial score (nSPS) is 13.6. The van der Waals surface area contributed by atoms with Gasteiger partial charge in [0.15, 0.2) is 0 Å². The highest BCUT2D eigenvalue weighted by atomic mass is 32.2. The molecule has 0 bridgehead atoms. The van der Waals surface area contributed by atoms with E-state index in [2.05, 4.69) is 26.9 Å². The van der Waals surface area contributed by atoms with Gasteiger partial charge in [-0.25, -0.2) is 18.1 Å². The Balaban J connectivity index is 2.22.